The van der Waals surface area contributed by atoms with Crippen LogP contribution in [-0.2, 0) is 21.3 Å². The topological polar surface area (TPSA) is 89.9 Å². The van der Waals surface area contributed by atoms with Crippen LogP contribution in [0.5, 0.6) is 0 Å². The third kappa shape index (κ3) is 6.14. The molecular weight excluding hydrogens is 486 g/mol. The highest BCUT2D eigenvalue weighted by Crippen LogP contribution is 2.37. The number of nitrogens with zero attached hydrogens (tertiary/aromatic N) is 2. The van der Waals surface area contributed by atoms with Gasteiger partial charge in [-0.3, -0.25) is 9.35 Å². The Morgan fingerprint density at radius 3 is 2.70 bits per heavy atom. The maximum Gasteiger partial charge on any atom is 0.297 e. The van der Waals surface area contributed by atoms with E-state index in [9.17, 15) is 17.8 Å². The van der Waals surface area contributed by atoms with Crippen LogP contribution in [0.2, 0.25) is 0 Å². The fourth-order valence-corrected chi connectivity index (χ4v) is 6.61. The minimum atomic E-state index is -4.47. The summed E-state index contributed by atoms with van der Waals surface area (Å²) < 4.78 is 34.5. The number of piperidine rings is 1. The molecule has 0 spiro atoms. The summed E-state index contributed by atoms with van der Waals surface area (Å²) in [4.78, 5) is 16.9. The number of hydrogen-bond donors (Lipinski definition) is 2. The van der Waals surface area contributed by atoms with Crippen LogP contribution >= 0.6 is 0 Å². The van der Waals surface area contributed by atoms with Crippen molar-refractivity contribution in [3.63, 3.8) is 0 Å². The average molecular weight is 522 g/mol. The lowest BCUT2D eigenvalue weighted by Gasteiger charge is -2.33. The van der Waals surface area contributed by atoms with E-state index in [-0.39, 0.29) is 16.7 Å². The molecular formula is C29H35N3O4S. The predicted molar refractivity (Wildman–Crippen MR) is 145 cm³/mol. The predicted octanol–water partition coefficient (Wildman–Crippen LogP) is 3.96. The summed E-state index contributed by atoms with van der Waals surface area (Å²) >= 11 is 0. The van der Waals surface area contributed by atoms with Crippen molar-refractivity contribution in [1.82, 2.24) is 15.1 Å². The largest absolute Gasteiger partial charge is 0.369 e. The van der Waals surface area contributed by atoms with E-state index in [1.165, 1.54) is 11.6 Å². The van der Waals surface area contributed by atoms with Crippen LogP contribution in [-0.4, -0.2) is 60.8 Å². The molecule has 2 fully saturated rings. The van der Waals surface area contributed by atoms with Gasteiger partial charge in [-0.15, -0.1) is 0 Å². The third-order valence-electron chi connectivity index (χ3n) is 7.71. The Kier molecular flexibility index (Phi) is 7.79. The first-order valence-electron chi connectivity index (χ1n) is 13.2. The van der Waals surface area contributed by atoms with Crippen molar-refractivity contribution in [2.75, 3.05) is 26.2 Å². The Bertz CT molecular complexity index is 1270. The second-order valence-corrected chi connectivity index (χ2v) is 11.6. The lowest BCUT2D eigenvalue weighted by Crippen LogP contribution is -2.34. The van der Waals surface area contributed by atoms with Crippen LogP contribution in [0.25, 0.3) is 0 Å². The van der Waals surface area contributed by atoms with Gasteiger partial charge >= 0.3 is 0 Å². The van der Waals surface area contributed by atoms with E-state index >= 15 is 0 Å². The quantitative estimate of drug-likeness (QED) is 0.356. The highest BCUT2D eigenvalue weighted by molar-refractivity contribution is 7.90. The standard InChI is InChI=1S/C29H35N3O4S/c33-26(13-11-23-15-18-31(19-16-23)17-5-8-22-6-2-1-3-7-22)14-12-24-20-25-21-30-28-10-4-9-27(32(25)28)29(24)37(34,35)36/h1-4,6-7,9-10,12,14,20,23,25,30H,5,8,11,13,15-19,21H2,(H,34,35,36)/b14-12+. The number of carbonyl (C=O) groups is 1. The van der Waals surface area contributed by atoms with Crippen molar-refractivity contribution >= 4 is 15.9 Å². The maximum atomic E-state index is 12.7. The molecule has 0 bridgehead atoms. The highest BCUT2D eigenvalue weighted by atomic mass is 32.2. The first-order valence-corrected chi connectivity index (χ1v) is 14.6. The Morgan fingerprint density at radius 2 is 1.95 bits per heavy atom. The Morgan fingerprint density at radius 1 is 1.16 bits per heavy atom. The molecule has 0 radical (unpaired) electrons. The molecule has 0 aliphatic carbocycles. The number of nitrogens with one attached hydrogen (secondary N) is 1. The zero-order valence-electron chi connectivity index (χ0n) is 21.1. The summed E-state index contributed by atoms with van der Waals surface area (Å²) in [6.45, 7) is 3.91. The molecule has 1 atom stereocenters. The molecule has 7 nitrogen and oxygen atoms in total. The molecule has 5 rings (SSSR count). The van der Waals surface area contributed by atoms with Gasteiger partial charge in [0.15, 0.2) is 5.78 Å². The monoisotopic (exact) mass is 521 g/mol. The van der Waals surface area contributed by atoms with Gasteiger partial charge < -0.3 is 15.1 Å². The number of allylic oxidation sites excluding steroid dienone is 6. The van der Waals surface area contributed by atoms with Gasteiger partial charge in [0.2, 0.25) is 0 Å². The van der Waals surface area contributed by atoms with E-state index in [2.05, 4.69) is 40.5 Å². The number of benzene rings is 1. The number of likely N-dealkylation sites (tertiary alicyclic amines) is 1. The molecule has 0 saturated carbocycles. The summed E-state index contributed by atoms with van der Waals surface area (Å²) in [6, 6.07) is 10.5. The van der Waals surface area contributed by atoms with Crippen molar-refractivity contribution in [2.24, 2.45) is 5.92 Å². The van der Waals surface area contributed by atoms with Crippen LogP contribution in [0, 0.1) is 5.92 Å². The number of aryl methyl sites for hydroxylation is 1. The molecule has 1 aromatic rings. The van der Waals surface area contributed by atoms with Gasteiger partial charge in [0.25, 0.3) is 10.1 Å². The fourth-order valence-electron chi connectivity index (χ4n) is 5.75. The molecule has 4 heterocycles. The molecule has 37 heavy (non-hydrogen) atoms. The fraction of sp³-hybridized carbons (Fsp3) is 0.414. The molecule has 4 aliphatic rings. The van der Waals surface area contributed by atoms with E-state index < -0.39 is 10.1 Å². The molecule has 4 aliphatic heterocycles. The SMILES string of the molecule is O=C(/C=C/C1=CC2CNC3=CC=CC(=C1S(=O)(=O)O)N32)CCC1CCN(CCCc2ccccc2)CC1. The van der Waals surface area contributed by atoms with Crippen molar-refractivity contribution < 1.29 is 17.8 Å². The van der Waals surface area contributed by atoms with Gasteiger partial charge in [-0.05, 0) is 87.0 Å². The van der Waals surface area contributed by atoms with Gasteiger partial charge in [0, 0.05) is 13.0 Å². The van der Waals surface area contributed by atoms with E-state index in [0.717, 1.165) is 57.6 Å². The van der Waals surface area contributed by atoms with Crippen molar-refractivity contribution in [2.45, 2.75) is 44.6 Å². The summed E-state index contributed by atoms with van der Waals surface area (Å²) in [7, 11) is -4.47. The second-order valence-electron chi connectivity index (χ2n) is 10.3. The van der Waals surface area contributed by atoms with Crippen LogP contribution in [0.1, 0.15) is 37.7 Å². The van der Waals surface area contributed by atoms with E-state index in [0.29, 0.717) is 30.2 Å². The van der Waals surface area contributed by atoms with Crippen molar-refractivity contribution in [3.05, 3.63) is 94.3 Å². The zero-order valence-corrected chi connectivity index (χ0v) is 21.9. The zero-order chi connectivity index (χ0) is 25.8. The highest BCUT2D eigenvalue weighted by Gasteiger charge is 2.38. The van der Waals surface area contributed by atoms with Crippen molar-refractivity contribution in [3.8, 4) is 0 Å². The molecule has 8 heteroatoms. The lowest BCUT2D eigenvalue weighted by molar-refractivity contribution is -0.115. The smallest absolute Gasteiger partial charge is 0.297 e. The van der Waals surface area contributed by atoms with E-state index in [1.807, 2.05) is 11.0 Å². The number of ketones is 1. The second kappa shape index (κ2) is 11.2. The van der Waals surface area contributed by atoms with Crippen LogP contribution in [0.4, 0.5) is 0 Å². The Labute approximate surface area is 219 Å². The minimum absolute atomic E-state index is 0.0161. The molecule has 2 N–H and O–H groups in total. The van der Waals surface area contributed by atoms with Gasteiger partial charge in [-0.1, -0.05) is 48.6 Å². The summed E-state index contributed by atoms with van der Waals surface area (Å²) in [5.41, 5.74) is 2.19. The van der Waals surface area contributed by atoms with Crippen molar-refractivity contribution in [1.29, 1.82) is 0 Å². The van der Waals surface area contributed by atoms with Crippen LogP contribution in [0.15, 0.2) is 88.8 Å². The van der Waals surface area contributed by atoms with Gasteiger partial charge in [-0.2, -0.15) is 8.42 Å². The maximum absolute atomic E-state index is 12.7. The normalized spacial score (nSPS) is 22.2. The molecule has 0 amide bonds. The van der Waals surface area contributed by atoms with Gasteiger partial charge in [0.1, 0.15) is 10.7 Å². The molecule has 2 saturated heterocycles. The number of rotatable bonds is 10. The number of hydrogen-bond acceptors (Lipinski definition) is 6. The van der Waals surface area contributed by atoms with Gasteiger partial charge in [-0.25, -0.2) is 0 Å². The van der Waals surface area contributed by atoms with E-state index in [4.69, 9.17) is 0 Å². The molecule has 0 aromatic heterocycles. The van der Waals surface area contributed by atoms with E-state index in [1.54, 1.807) is 24.3 Å². The summed E-state index contributed by atoms with van der Waals surface area (Å²) in [5.74, 6) is 1.33. The lowest BCUT2D eigenvalue weighted by atomic mass is 9.91. The van der Waals surface area contributed by atoms with Crippen LogP contribution in [0.3, 0.4) is 0 Å². The minimum Gasteiger partial charge on any atom is -0.369 e. The Balaban J connectivity index is 1.11. The van der Waals surface area contributed by atoms with Crippen LogP contribution < -0.4 is 5.32 Å². The average Bonchev–Trinajstić information content (AvgIpc) is 3.31. The molecule has 196 valence electrons. The summed E-state index contributed by atoms with van der Waals surface area (Å²) in [6.07, 6.45) is 15.9. The molecule has 1 aromatic carbocycles. The Hall–Kier alpha value is -2.94. The first-order chi connectivity index (χ1) is 17.9. The third-order valence-corrected chi connectivity index (χ3v) is 8.67. The summed E-state index contributed by atoms with van der Waals surface area (Å²) in [5, 5.41) is 3.25. The molecule has 1 unspecified atom stereocenters. The van der Waals surface area contributed by atoms with Gasteiger partial charge in [0.05, 0.1) is 11.7 Å². The first kappa shape index (κ1) is 25.7. The number of carbonyl (C=O) groups excluding carboxylic acids is 1.